The van der Waals surface area contributed by atoms with E-state index in [1.54, 1.807) is 39.8 Å². The van der Waals surface area contributed by atoms with Gasteiger partial charge < -0.3 is 4.74 Å². The lowest BCUT2D eigenvalue weighted by Gasteiger charge is -2.18. The van der Waals surface area contributed by atoms with Gasteiger partial charge in [0.25, 0.3) is 5.56 Å². The van der Waals surface area contributed by atoms with Crippen LogP contribution in [0, 0.1) is 6.92 Å². The Morgan fingerprint density at radius 3 is 2.44 bits per heavy atom. The van der Waals surface area contributed by atoms with E-state index in [9.17, 15) is 9.59 Å². The zero-order chi connectivity index (χ0) is 12.3. The highest BCUT2D eigenvalue weighted by atomic mass is 16.5. The van der Waals surface area contributed by atoms with Crippen LogP contribution in [0.25, 0.3) is 0 Å². The molecule has 1 aromatic rings. The first-order valence-electron chi connectivity index (χ1n) is 5.32. The van der Waals surface area contributed by atoms with E-state index in [1.807, 2.05) is 0 Å². The largest absolute Gasteiger partial charge is 0.461 e. The van der Waals surface area contributed by atoms with Crippen LogP contribution >= 0.6 is 0 Å². The van der Waals surface area contributed by atoms with Gasteiger partial charge in [0.15, 0.2) is 0 Å². The number of nitrogens with zero attached hydrogens (tertiary/aromatic N) is 1. The third-order valence-corrected chi connectivity index (χ3v) is 2.27. The average Bonchev–Trinajstić information content (AvgIpc) is 2.16. The zero-order valence-corrected chi connectivity index (χ0v) is 10.1. The van der Waals surface area contributed by atoms with Crippen molar-refractivity contribution in [3.8, 4) is 0 Å². The highest BCUT2D eigenvalue weighted by molar-refractivity contribution is 5.74. The molecule has 0 bridgehead atoms. The second kappa shape index (κ2) is 4.96. The molecule has 88 valence electrons. The summed E-state index contributed by atoms with van der Waals surface area (Å²) in [6.45, 7) is 7.02. The topological polar surface area (TPSA) is 48.3 Å². The van der Waals surface area contributed by atoms with Crippen LogP contribution in [-0.4, -0.2) is 16.6 Å². The molecule has 1 heterocycles. The molecule has 0 aliphatic rings. The van der Waals surface area contributed by atoms with Crippen molar-refractivity contribution in [3.05, 3.63) is 34.2 Å². The van der Waals surface area contributed by atoms with Crippen molar-refractivity contribution in [3.63, 3.8) is 0 Å². The molecule has 1 atom stereocenters. The molecule has 0 saturated heterocycles. The van der Waals surface area contributed by atoms with E-state index in [-0.39, 0.29) is 17.6 Å². The third kappa shape index (κ3) is 2.72. The van der Waals surface area contributed by atoms with Crippen molar-refractivity contribution in [1.82, 2.24) is 4.57 Å². The molecule has 16 heavy (non-hydrogen) atoms. The number of aryl methyl sites for hydroxylation is 1. The van der Waals surface area contributed by atoms with Crippen LogP contribution in [0.3, 0.4) is 0 Å². The first kappa shape index (κ1) is 12.5. The summed E-state index contributed by atoms with van der Waals surface area (Å²) < 4.78 is 6.51. The minimum atomic E-state index is -0.587. The van der Waals surface area contributed by atoms with E-state index in [2.05, 4.69) is 0 Å². The predicted octanol–water partition coefficient (Wildman–Crippen LogP) is 1.67. The monoisotopic (exact) mass is 223 g/mol. The van der Waals surface area contributed by atoms with Gasteiger partial charge in [-0.2, -0.15) is 0 Å². The molecule has 4 nitrogen and oxygen atoms in total. The molecule has 0 spiro atoms. The Morgan fingerprint density at radius 1 is 1.31 bits per heavy atom. The number of carbonyl (C=O) groups excluding carboxylic acids is 1. The maximum Gasteiger partial charge on any atom is 0.329 e. The predicted molar refractivity (Wildman–Crippen MR) is 61.4 cm³/mol. The SMILES string of the molecule is Cc1cccc(=O)n1C(C)C(=O)OC(C)C. The first-order valence-corrected chi connectivity index (χ1v) is 5.32. The molecule has 0 saturated carbocycles. The molecule has 0 fully saturated rings. The van der Waals surface area contributed by atoms with Gasteiger partial charge in [-0.15, -0.1) is 0 Å². The molecule has 0 radical (unpaired) electrons. The van der Waals surface area contributed by atoms with Crippen LogP contribution in [0.5, 0.6) is 0 Å². The van der Waals surface area contributed by atoms with Crippen molar-refractivity contribution in [2.45, 2.75) is 39.8 Å². The van der Waals surface area contributed by atoms with Gasteiger partial charge in [-0.1, -0.05) is 6.07 Å². The quantitative estimate of drug-likeness (QED) is 0.732. The van der Waals surface area contributed by atoms with Gasteiger partial charge in [0, 0.05) is 11.8 Å². The maximum atomic E-state index is 11.7. The van der Waals surface area contributed by atoms with Gasteiger partial charge in [-0.05, 0) is 33.8 Å². The van der Waals surface area contributed by atoms with Gasteiger partial charge in [0.1, 0.15) is 6.04 Å². The summed E-state index contributed by atoms with van der Waals surface area (Å²) in [5.74, 6) is -0.383. The van der Waals surface area contributed by atoms with Crippen LogP contribution in [-0.2, 0) is 9.53 Å². The maximum absolute atomic E-state index is 11.7. The Kier molecular flexibility index (Phi) is 3.88. The van der Waals surface area contributed by atoms with Crippen LogP contribution in [0.4, 0.5) is 0 Å². The Morgan fingerprint density at radius 2 is 1.94 bits per heavy atom. The number of esters is 1. The molecule has 0 aliphatic carbocycles. The normalized spacial score (nSPS) is 12.6. The van der Waals surface area contributed by atoms with E-state index >= 15 is 0 Å². The molecule has 0 N–H and O–H groups in total. The second-order valence-corrected chi connectivity index (χ2v) is 4.04. The molecular weight excluding hydrogens is 206 g/mol. The number of pyridine rings is 1. The van der Waals surface area contributed by atoms with Crippen LogP contribution < -0.4 is 5.56 Å². The summed E-state index contributed by atoms with van der Waals surface area (Å²) in [5.41, 5.74) is 0.564. The van der Waals surface area contributed by atoms with E-state index < -0.39 is 6.04 Å². The highest BCUT2D eigenvalue weighted by Crippen LogP contribution is 2.09. The number of hydrogen-bond acceptors (Lipinski definition) is 3. The lowest BCUT2D eigenvalue weighted by molar-refractivity contribution is -0.151. The van der Waals surface area contributed by atoms with E-state index in [0.29, 0.717) is 0 Å². The third-order valence-electron chi connectivity index (χ3n) is 2.27. The van der Waals surface area contributed by atoms with Crippen molar-refractivity contribution < 1.29 is 9.53 Å². The second-order valence-electron chi connectivity index (χ2n) is 4.04. The standard InChI is InChI=1S/C12H17NO3/c1-8(2)16-12(15)10(4)13-9(3)6-5-7-11(13)14/h5-8,10H,1-4H3. The molecule has 0 aromatic carbocycles. The van der Waals surface area contributed by atoms with E-state index in [1.165, 1.54) is 10.6 Å². The van der Waals surface area contributed by atoms with Crippen LogP contribution in [0.2, 0.25) is 0 Å². The number of hydrogen-bond donors (Lipinski definition) is 0. The average molecular weight is 223 g/mol. The number of ether oxygens (including phenoxy) is 1. The van der Waals surface area contributed by atoms with Crippen LogP contribution in [0.15, 0.2) is 23.0 Å². The zero-order valence-electron chi connectivity index (χ0n) is 10.1. The van der Waals surface area contributed by atoms with Crippen molar-refractivity contribution in [2.75, 3.05) is 0 Å². The van der Waals surface area contributed by atoms with Crippen molar-refractivity contribution in [2.24, 2.45) is 0 Å². The van der Waals surface area contributed by atoms with Gasteiger partial charge in [-0.25, -0.2) is 4.79 Å². The fourth-order valence-electron chi connectivity index (χ4n) is 1.54. The fourth-order valence-corrected chi connectivity index (χ4v) is 1.54. The van der Waals surface area contributed by atoms with Crippen LogP contribution in [0.1, 0.15) is 32.5 Å². The molecule has 0 aliphatic heterocycles. The van der Waals surface area contributed by atoms with E-state index in [4.69, 9.17) is 4.74 Å². The summed E-state index contributed by atoms with van der Waals surface area (Å²) >= 11 is 0. The van der Waals surface area contributed by atoms with Gasteiger partial charge in [0.2, 0.25) is 0 Å². The number of rotatable bonds is 3. The molecule has 1 aromatic heterocycles. The summed E-state index contributed by atoms with van der Waals surface area (Å²) in [7, 11) is 0. The minimum Gasteiger partial charge on any atom is -0.461 e. The summed E-state index contributed by atoms with van der Waals surface area (Å²) in [5, 5.41) is 0. The molecule has 4 heteroatoms. The Balaban J connectivity index is 3.01. The highest BCUT2D eigenvalue weighted by Gasteiger charge is 2.19. The number of carbonyl (C=O) groups is 1. The van der Waals surface area contributed by atoms with Crippen molar-refractivity contribution in [1.29, 1.82) is 0 Å². The smallest absolute Gasteiger partial charge is 0.329 e. The summed E-state index contributed by atoms with van der Waals surface area (Å²) in [4.78, 5) is 23.3. The minimum absolute atomic E-state index is 0.172. The Bertz CT molecular complexity index is 434. The molecular formula is C12H17NO3. The molecule has 0 amide bonds. The van der Waals surface area contributed by atoms with Gasteiger partial charge in [-0.3, -0.25) is 9.36 Å². The Hall–Kier alpha value is -1.58. The van der Waals surface area contributed by atoms with Gasteiger partial charge >= 0.3 is 5.97 Å². The first-order chi connectivity index (χ1) is 7.43. The fraction of sp³-hybridized carbons (Fsp3) is 0.500. The number of aromatic nitrogens is 1. The molecule has 1 unspecified atom stereocenters. The lowest BCUT2D eigenvalue weighted by Crippen LogP contribution is -2.31. The van der Waals surface area contributed by atoms with Gasteiger partial charge in [0.05, 0.1) is 6.10 Å². The molecule has 1 rings (SSSR count). The van der Waals surface area contributed by atoms with Crippen molar-refractivity contribution >= 4 is 5.97 Å². The Labute approximate surface area is 94.9 Å². The summed E-state index contributed by atoms with van der Waals surface area (Å²) in [6, 6.07) is 4.32. The van der Waals surface area contributed by atoms with E-state index in [0.717, 1.165) is 5.69 Å². The lowest BCUT2D eigenvalue weighted by atomic mass is 10.2. The summed E-state index contributed by atoms with van der Waals surface area (Å²) in [6.07, 6.45) is -0.172.